The molecule has 0 radical (unpaired) electrons. The zero-order valence-corrected chi connectivity index (χ0v) is 13.8. The number of nitrogens with zero attached hydrogens (tertiary/aromatic N) is 2. The van der Waals surface area contributed by atoms with Crippen molar-refractivity contribution in [1.82, 2.24) is 20.4 Å². The molecule has 2 rings (SSSR count). The summed E-state index contributed by atoms with van der Waals surface area (Å²) in [7, 11) is 0. The van der Waals surface area contributed by atoms with E-state index in [4.69, 9.17) is 0 Å². The number of amides is 1. The summed E-state index contributed by atoms with van der Waals surface area (Å²) in [5.41, 5.74) is 1.60. The lowest BCUT2D eigenvalue weighted by Crippen LogP contribution is -2.47. The predicted octanol–water partition coefficient (Wildman–Crippen LogP) is 2.52. The summed E-state index contributed by atoms with van der Waals surface area (Å²) in [6, 6.07) is 2.93. The molecule has 1 unspecified atom stereocenters. The maximum Gasteiger partial charge on any atom is 0.272 e. The smallest absolute Gasteiger partial charge is 0.272 e. The van der Waals surface area contributed by atoms with Crippen LogP contribution in [0.3, 0.4) is 0 Å². The van der Waals surface area contributed by atoms with Crippen molar-refractivity contribution in [2.45, 2.75) is 71.5 Å². The third kappa shape index (κ3) is 4.30. The molecule has 0 spiro atoms. The number of carbonyl (C=O) groups excluding carboxylic acids is 1. The molecule has 21 heavy (non-hydrogen) atoms. The second-order valence-corrected chi connectivity index (χ2v) is 6.74. The molecule has 0 aromatic carbocycles. The van der Waals surface area contributed by atoms with Crippen LogP contribution in [0, 0.1) is 0 Å². The number of aromatic nitrogens is 2. The first-order chi connectivity index (χ1) is 9.88. The Hall–Kier alpha value is -1.36. The van der Waals surface area contributed by atoms with Crippen LogP contribution in [-0.2, 0) is 0 Å². The molecule has 1 heterocycles. The van der Waals surface area contributed by atoms with Crippen LogP contribution in [0.4, 0.5) is 0 Å². The molecule has 5 heteroatoms. The molecule has 118 valence electrons. The van der Waals surface area contributed by atoms with Gasteiger partial charge in [0.25, 0.3) is 5.91 Å². The van der Waals surface area contributed by atoms with Gasteiger partial charge in [-0.05, 0) is 53.5 Å². The van der Waals surface area contributed by atoms with Crippen LogP contribution in [0.2, 0.25) is 0 Å². The van der Waals surface area contributed by atoms with Gasteiger partial charge in [0.2, 0.25) is 0 Å². The quantitative estimate of drug-likeness (QED) is 0.812. The molecule has 5 nitrogen and oxygen atoms in total. The van der Waals surface area contributed by atoms with E-state index >= 15 is 0 Å². The third-order valence-electron chi connectivity index (χ3n) is 4.04. The minimum atomic E-state index is -0.0851. The lowest BCUT2D eigenvalue weighted by Gasteiger charge is -2.33. The maximum absolute atomic E-state index is 12.2. The summed E-state index contributed by atoms with van der Waals surface area (Å²) < 4.78 is 0. The normalized spacial score (nSPS) is 16.8. The van der Waals surface area contributed by atoms with Crippen molar-refractivity contribution in [2.24, 2.45) is 0 Å². The van der Waals surface area contributed by atoms with E-state index in [0.29, 0.717) is 23.7 Å². The monoisotopic (exact) mass is 292 g/mol. The Morgan fingerprint density at radius 1 is 1.33 bits per heavy atom. The predicted molar refractivity (Wildman–Crippen MR) is 84.5 cm³/mol. The first-order valence-corrected chi connectivity index (χ1v) is 8.00. The van der Waals surface area contributed by atoms with Crippen LogP contribution in [-0.4, -0.2) is 45.7 Å². The lowest BCUT2D eigenvalue weighted by molar-refractivity contribution is 0.0906. The van der Waals surface area contributed by atoms with Gasteiger partial charge in [-0.3, -0.25) is 14.8 Å². The highest BCUT2D eigenvalue weighted by Gasteiger charge is 2.27. The van der Waals surface area contributed by atoms with Crippen molar-refractivity contribution in [3.05, 3.63) is 17.5 Å². The molecule has 0 saturated heterocycles. The van der Waals surface area contributed by atoms with Crippen molar-refractivity contribution in [3.8, 4) is 0 Å². The largest absolute Gasteiger partial charge is 0.347 e. The van der Waals surface area contributed by atoms with E-state index < -0.39 is 0 Å². The molecule has 2 N–H and O–H groups in total. The fourth-order valence-corrected chi connectivity index (χ4v) is 2.73. The van der Waals surface area contributed by atoms with E-state index in [-0.39, 0.29) is 11.9 Å². The SMILES string of the molecule is CC(CN(C(C)C)C(C)C)NC(=O)c1cc(C2CC2)[nH]n1. The molecule has 1 aromatic heterocycles. The second-order valence-electron chi connectivity index (χ2n) is 6.74. The number of hydrogen-bond acceptors (Lipinski definition) is 3. The standard InChI is InChI=1S/C16H28N4O/c1-10(2)20(11(3)4)9-12(5)17-16(21)15-8-14(18-19-15)13-6-7-13/h8,10-13H,6-7,9H2,1-5H3,(H,17,21)(H,18,19). The van der Waals surface area contributed by atoms with Gasteiger partial charge in [-0.25, -0.2) is 0 Å². The lowest BCUT2D eigenvalue weighted by atomic mass is 10.2. The summed E-state index contributed by atoms with van der Waals surface area (Å²) in [6.45, 7) is 11.6. The average molecular weight is 292 g/mol. The Labute approximate surface area is 127 Å². The van der Waals surface area contributed by atoms with Crippen LogP contribution >= 0.6 is 0 Å². The van der Waals surface area contributed by atoms with Gasteiger partial charge in [0, 0.05) is 36.3 Å². The molecule has 1 amide bonds. The molecule has 0 aliphatic heterocycles. The molecular weight excluding hydrogens is 264 g/mol. The Morgan fingerprint density at radius 3 is 2.48 bits per heavy atom. The van der Waals surface area contributed by atoms with E-state index in [1.807, 2.05) is 13.0 Å². The Bertz CT molecular complexity index is 468. The molecule has 1 aromatic rings. The van der Waals surface area contributed by atoms with Crippen LogP contribution in [0.1, 0.15) is 69.6 Å². The van der Waals surface area contributed by atoms with Gasteiger partial charge in [0.05, 0.1) is 0 Å². The molecule has 0 bridgehead atoms. The fraction of sp³-hybridized carbons (Fsp3) is 0.750. The van der Waals surface area contributed by atoms with Crippen molar-refractivity contribution in [2.75, 3.05) is 6.54 Å². The molecule has 1 fully saturated rings. The zero-order valence-electron chi connectivity index (χ0n) is 13.8. The van der Waals surface area contributed by atoms with E-state index in [0.717, 1.165) is 12.2 Å². The van der Waals surface area contributed by atoms with Crippen molar-refractivity contribution in [1.29, 1.82) is 0 Å². The first kappa shape index (κ1) is 16.0. The average Bonchev–Trinajstić information content (AvgIpc) is 3.12. The topological polar surface area (TPSA) is 61.0 Å². The van der Waals surface area contributed by atoms with E-state index in [1.165, 1.54) is 12.8 Å². The highest BCUT2D eigenvalue weighted by atomic mass is 16.2. The van der Waals surface area contributed by atoms with Crippen molar-refractivity contribution >= 4 is 5.91 Å². The third-order valence-corrected chi connectivity index (χ3v) is 4.04. The summed E-state index contributed by atoms with van der Waals surface area (Å²) in [4.78, 5) is 14.6. The van der Waals surface area contributed by atoms with Crippen LogP contribution in [0.5, 0.6) is 0 Å². The van der Waals surface area contributed by atoms with Gasteiger partial charge < -0.3 is 5.32 Å². The number of rotatable bonds is 7. The maximum atomic E-state index is 12.2. The molecule has 1 aliphatic carbocycles. The fourth-order valence-electron chi connectivity index (χ4n) is 2.73. The number of H-pyrrole nitrogens is 1. The van der Waals surface area contributed by atoms with Gasteiger partial charge in [0.15, 0.2) is 0 Å². The summed E-state index contributed by atoms with van der Waals surface area (Å²) in [5.74, 6) is 0.506. The summed E-state index contributed by atoms with van der Waals surface area (Å²) >= 11 is 0. The van der Waals surface area contributed by atoms with E-state index in [2.05, 4.69) is 48.1 Å². The molecule has 1 atom stereocenters. The zero-order chi connectivity index (χ0) is 15.6. The van der Waals surface area contributed by atoms with Crippen molar-refractivity contribution < 1.29 is 4.79 Å². The van der Waals surface area contributed by atoms with Gasteiger partial charge in [-0.2, -0.15) is 5.10 Å². The number of aromatic amines is 1. The van der Waals surface area contributed by atoms with E-state index in [1.54, 1.807) is 0 Å². The number of hydrogen-bond donors (Lipinski definition) is 2. The van der Waals surface area contributed by atoms with Gasteiger partial charge >= 0.3 is 0 Å². The van der Waals surface area contributed by atoms with Crippen LogP contribution in [0.15, 0.2) is 6.07 Å². The second kappa shape index (κ2) is 6.60. The summed E-state index contributed by atoms with van der Waals surface area (Å²) in [5, 5.41) is 10.2. The molecular formula is C16H28N4O. The Kier molecular flexibility index (Phi) is 5.04. The highest BCUT2D eigenvalue weighted by molar-refractivity contribution is 5.92. The van der Waals surface area contributed by atoms with Gasteiger partial charge in [0.1, 0.15) is 5.69 Å². The van der Waals surface area contributed by atoms with Gasteiger partial charge in [-0.15, -0.1) is 0 Å². The minimum Gasteiger partial charge on any atom is -0.347 e. The van der Waals surface area contributed by atoms with Gasteiger partial charge in [-0.1, -0.05) is 0 Å². The number of carbonyl (C=O) groups is 1. The molecule has 1 aliphatic rings. The molecule has 1 saturated carbocycles. The van der Waals surface area contributed by atoms with Crippen LogP contribution in [0.25, 0.3) is 0 Å². The van der Waals surface area contributed by atoms with Crippen LogP contribution < -0.4 is 5.32 Å². The van der Waals surface area contributed by atoms with E-state index in [9.17, 15) is 4.79 Å². The van der Waals surface area contributed by atoms with Crippen molar-refractivity contribution in [3.63, 3.8) is 0 Å². The minimum absolute atomic E-state index is 0.0851. The Balaban J connectivity index is 1.88. The summed E-state index contributed by atoms with van der Waals surface area (Å²) in [6.07, 6.45) is 2.41. The Morgan fingerprint density at radius 2 is 1.95 bits per heavy atom. The first-order valence-electron chi connectivity index (χ1n) is 8.00. The highest BCUT2D eigenvalue weighted by Crippen LogP contribution is 2.38. The number of nitrogens with one attached hydrogen (secondary N) is 2.